The van der Waals surface area contributed by atoms with Gasteiger partial charge >= 0.3 is 0 Å². The van der Waals surface area contributed by atoms with Crippen molar-refractivity contribution in [2.24, 2.45) is 5.73 Å². The Kier molecular flexibility index (Phi) is 5.68. The van der Waals surface area contributed by atoms with Crippen LogP contribution in [-0.2, 0) is 20.0 Å². The van der Waals surface area contributed by atoms with E-state index < -0.39 is 26.1 Å². The van der Waals surface area contributed by atoms with Gasteiger partial charge in [0.15, 0.2) is 0 Å². The van der Waals surface area contributed by atoms with Crippen LogP contribution in [0.3, 0.4) is 0 Å². The highest BCUT2D eigenvalue weighted by molar-refractivity contribution is 8.04. The van der Waals surface area contributed by atoms with Gasteiger partial charge in [0.05, 0.1) is 15.8 Å². The molecule has 0 aliphatic carbocycles. The smallest absolute Gasteiger partial charge is 0.256 e. The van der Waals surface area contributed by atoms with Crippen molar-refractivity contribution in [3.05, 3.63) is 59.7 Å². The molecule has 0 saturated carbocycles. The lowest BCUT2D eigenvalue weighted by atomic mass is 10.2. The van der Waals surface area contributed by atoms with E-state index in [2.05, 4.69) is 0 Å². The summed E-state index contributed by atoms with van der Waals surface area (Å²) in [6, 6.07) is 11.1. The molecule has 25 heavy (non-hydrogen) atoms. The summed E-state index contributed by atoms with van der Waals surface area (Å²) in [7, 11) is -8.56. The molecule has 0 aliphatic heterocycles. The number of hydrogen-bond acceptors (Lipinski definition) is 5. The summed E-state index contributed by atoms with van der Waals surface area (Å²) < 4.78 is 52.6. The number of sulfonamides is 2. The van der Waals surface area contributed by atoms with Crippen LogP contribution >= 0.6 is 0 Å². The Morgan fingerprint density at radius 2 is 1.12 bits per heavy atom. The number of nitrogens with two attached hydrogens (primary N) is 1. The van der Waals surface area contributed by atoms with Crippen LogP contribution in [0.4, 0.5) is 0 Å². The molecule has 0 unspecified atom stereocenters. The Balaban J connectivity index is 2.63. The monoisotopic (exact) mass is 382 g/mol. The summed E-state index contributed by atoms with van der Waals surface area (Å²) >= 11 is 0. The third-order valence-corrected chi connectivity index (χ3v) is 8.39. The van der Waals surface area contributed by atoms with Crippen LogP contribution in [0.15, 0.2) is 58.3 Å². The molecule has 6 nitrogen and oxygen atoms in total. The first-order valence-electron chi connectivity index (χ1n) is 7.73. The summed E-state index contributed by atoms with van der Waals surface area (Å²) in [5.74, 6) is 0. The van der Waals surface area contributed by atoms with E-state index >= 15 is 0 Å². The summed E-state index contributed by atoms with van der Waals surface area (Å²) in [5, 5.41) is 0. The van der Waals surface area contributed by atoms with Crippen molar-refractivity contribution >= 4 is 20.0 Å². The van der Waals surface area contributed by atoms with Crippen molar-refractivity contribution in [1.82, 2.24) is 3.71 Å². The molecule has 0 aromatic heterocycles. The molecule has 136 valence electrons. The van der Waals surface area contributed by atoms with Gasteiger partial charge in [-0.1, -0.05) is 39.1 Å². The van der Waals surface area contributed by atoms with Crippen molar-refractivity contribution in [1.29, 1.82) is 0 Å². The summed E-state index contributed by atoms with van der Waals surface area (Å²) in [5.41, 5.74) is 7.35. The first-order valence-corrected chi connectivity index (χ1v) is 10.6. The Morgan fingerprint density at radius 3 is 1.40 bits per heavy atom. The van der Waals surface area contributed by atoms with Gasteiger partial charge in [0.25, 0.3) is 20.0 Å². The van der Waals surface area contributed by atoms with Crippen LogP contribution in [0.2, 0.25) is 0 Å². The minimum absolute atomic E-state index is 0.0888. The molecule has 2 aromatic carbocycles. The summed E-state index contributed by atoms with van der Waals surface area (Å²) in [6.07, 6.45) is 0. The van der Waals surface area contributed by atoms with E-state index in [1.54, 1.807) is 24.3 Å². The van der Waals surface area contributed by atoms with E-state index in [1.165, 1.54) is 31.2 Å². The lowest BCUT2D eigenvalue weighted by Crippen LogP contribution is -2.46. The fourth-order valence-corrected chi connectivity index (χ4v) is 6.36. The molecule has 0 spiro atoms. The van der Waals surface area contributed by atoms with Gasteiger partial charge in [0.1, 0.15) is 0 Å². The molecule has 2 rings (SSSR count). The Hall–Kier alpha value is -1.74. The predicted molar refractivity (Wildman–Crippen MR) is 97.1 cm³/mol. The number of rotatable bonds is 6. The van der Waals surface area contributed by atoms with Crippen LogP contribution in [0.1, 0.15) is 18.1 Å². The van der Waals surface area contributed by atoms with Crippen LogP contribution in [0, 0.1) is 13.8 Å². The van der Waals surface area contributed by atoms with Gasteiger partial charge in [0, 0.05) is 6.54 Å². The highest BCUT2D eigenvalue weighted by Gasteiger charge is 2.39. The maximum Gasteiger partial charge on any atom is 0.256 e. The molecule has 2 aromatic rings. The zero-order valence-corrected chi connectivity index (χ0v) is 16.0. The Bertz CT molecular complexity index is 860. The van der Waals surface area contributed by atoms with Gasteiger partial charge in [0.2, 0.25) is 0 Å². The minimum Gasteiger partial charge on any atom is -0.329 e. The van der Waals surface area contributed by atoms with Crippen molar-refractivity contribution in [3.8, 4) is 0 Å². The van der Waals surface area contributed by atoms with Gasteiger partial charge in [-0.2, -0.15) is 0 Å². The molecule has 0 bridgehead atoms. The number of benzene rings is 2. The molecule has 2 N–H and O–H groups in total. The minimum atomic E-state index is -4.28. The maximum absolute atomic E-state index is 13.0. The Labute approximate surface area is 149 Å². The average Bonchev–Trinajstić information content (AvgIpc) is 2.55. The fourth-order valence-electron chi connectivity index (χ4n) is 2.32. The van der Waals surface area contributed by atoms with Crippen molar-refractivity contribution in [2.75, 3.05) is 6.54 Å². The highest BCUT2D eigenvalue weighted by atomic mass is 32.3. The van der Waals surface area contributed by atoms with Gasteiger partial charge in [-0.05, 0) is 45.0 Å². The van der Waals surface area contributed by atoms with Gasteiger partial charge in [-0.3, -0.25) is 0 Å². The van der Waals surface area contributed by atoms with Gasteiger partial charge in [-0.25, -0.2) is 16.8 Å². The molecule has 8 heteroatoms. The molecule has 0 aliphatic rings. The fraction of sp³-hybridized carbons (Fsp3) is 0.294. The van der Waals surface area contributed by atoms with E-state index in [1.807, 2.05) is 13.8 Å². The van der Waals surface area contributed by atoms with E-state index in [0.717, 1.165) is 11.1 Å². The average molecular weight is 383 g/mol. The first-order chi connectivity index (χ1) is 11.6. The molecule has 0 saturated heterocycles. The lowest BCUT2D eigenvalue weighted by Gasteiger charge is -2.27. The molecule has 0 heterocycles. The van der Waals surface area contributed by atoms with Gasteiger partial charge in [-0.15, -0.1) is 0 Å². The number of hydrogen-bond donors (Lipinski definition) is 1. The predicted octanol–water partition coefficient (Wildman–Crippen LogP) is 2.03. The second kappa shape index (κ2) is 7.25. The van der Waals surface area contributed by atoms with E-state index in [0.29, 0.717) is 3.71 Å². The molecule has 0 radical (unpaired) electrons. The zero-order valence-electron chi connectivity index (χ0n) is 14.4. The van der Waals surface area contributed by atoms with E-state index in [4.69, 9.17) is 5.73 Å². The van der Waals surface area contributed by atoms with Crippen LogP contribution in [0.5, 0.6) is 0 Å². The second-order valence-electron chi connectivity index (χ2n) is 5.95. The SMILES string of the molecule is Cc1ccc(S(=O)(=O)N([C@@H](C)CN)S(=O)(=O)c2ccc(C)cc2)cc1. The first kappa shape index (κ1) is 19.6. The third kappa shape index (κ3) is 3.92. The molecular formula is C17H22N2O4S2. The normalized spacial score (nSPS) is 13.8. The van der Waals surface area contributed by atoms with Crippen molar-refractivity contribution in [3.63, 3.8) is 0 Å². The number of nitrogens with zero attached hydrogens (tertiary/aromatic N) is 1. The van der Waals surface area contributed by atoms with Crippen LogP contribution < -0.4 is 5.73 Å². The lowest BCUT2D eigenvalue weighted by molar-refractivity contribution is 0.443. The van der Waals surface area contributed by atoms with Gasteiger partial charge < -0.3 is 5.73 Å². The molecular weight excluding hydrogens is 360 g/mol. The van der Waals surface area contributed by atoms with Crippen molar-refractivity contribution in [2.45, 2.75) is 36.6 Å². The maximum atomic E-state index is 13.0. The topological polar surface area (TPSA) is 97.5 Å². The number of aryl methyl sites for hydroxylation is 2. The second-order valence-corrected chi connectivity index (χ2v) is 9.81. The largest absolute Gasteiger partial charge is 0.329 e. The summed E-state index contributed by atoms with van der Waals surface area (Å²) in [6.45, 7) is 4.98. The van der Waals surface area contributed by atoms with Crippen molar-refractivity contribution < 1.29 is 16.8 Å². The Morgan fingerprint density at radius 1 is 0.800 bits per heavy atom. The highest BCUT2D eigenvalue weighted by Crippen LogP contribution is 2.27. The van der Waals surface area contributed by atoms with E-state index in [9.17, 15) is 16.8 Å². The summed E-state index contributed by atoms with van der Waals surface area (Å²) in [4.78, 5) is -0.178. The standard InChI is InChI=1S/C17H22N2O4S2/c1-13-4-8-16(9-5-13)24(20,21)19(15(3)12-18)25(22,23)17-10-6-14(2)7-11-17/h4-11,15H,12,18H2,1-3H3/t15-/m0/s1. The van der Waals surface area contributed by atoms with Crippen LogP contribution in [-0.4, -0.2) is 33.1 Å². The van der Waals surface area contributed by atoms with E-state index in [-0.39, 0.29) is 16.3 Å². The van der Waals surface area contributed by atoms with Crippen LogP contribution in [0.25, 0.3) is 0 Å². The zero-order chi connectivity index (χ0) is 18.8. The third-order valence-electron chi connectivity index (χ3n) is 3.81. The quantitative estimate of drug-likeness (QED) is 0.824. The molecule has 0 amide bonds. The molecule has 1 atom stereocenters. The molecule has 0 fully saturated rings.